The Bertz CT molecular complexity index is 497. The highest BCUT2D eigenvalue weighted by Gasteiger charge is 2.08. The third kappa shape index (κ3) is 5.51. The molecule has 0 amide bonds. The molecule has 0 aliphatic heterocycles. The first-order valence-electron chi connectivity index (χ1n) is 6.47. The van der Waals surface area contributed by atoms with Crippen molar-refractivity contribution in [1.82, 2.24) is 4.98 Å². The van der Waals surface area contributed by atoms with Crippen LogP contribution < -0.4 is 0 Å². The van der Waals surface area contributed by atoms with Crippen LogP contribution in [0.25, 0.3) is 0 Å². The summed E-state index contributed by atoms with van der Waals surface area (Å²) in [5, 5.41) is 9.06. The van der Waals surface area contributed by atoms with Crippen molar-refractivity contribution in [3.8, 4) is 0 Å². The Morgan fingerprint density at radius 3 is 2.68 bits per heavy atom. The van der Waals surface area contributed by atoms with Crippen molar-refractivity contribution in [1.29, 1.82) is 0 Å². The van der Waals surface area contributed by atoms with E-state index in [9.17, 15) is 4.79 Å². The Morgan fingerprint density at radius 1 is 1.32 bits per heavy atom. The van der Waals surface area contributed by atoms with Crippen molar-refractivity contribution in [3.05, 3.63) is 52.9 Å². The number of aromatic carboxylic acids is 1. The van der Waals surface area contributed by atoms with Gasteiger partial charge in [-0.05, 0) is 45.7 Å². The predicted molar refractivity (Wildman–Crippen MR) is 77.3 cm³/mol. The van der Waals surface area contributed by atoms with Crippen molar-refractivity contribution in [2.45, 2.75) is 40.0 Å². The summed E-state index contributed by atoms with van der Waals surface area (Å²) in [6.07, 6.45) is 8.50. The van der Waals surface area contributed by atoms with Crippen LogP contribution in [0, 0.1) is 0 Å². The SMILES string of the molecule is CC(C)=CCCC(C)=CCc1ncccc1C(=O)O. The molecule has 0 saturated carbocycles. The number of hydrogen-bond acceptors (Lipinski definition) is 2. The second kappa shape index (κ2) is 7.52. The van der Waals surface area contributed by atoms with Crippen molar-refractivity contribution < 1.29 is 9.90 Å². The zero-order chi connectivity index (χ0) is 14.3. The fraction of sp³-hybridized carbons (Fsp3) is 0.375. The highest BCUT2D eigenvalue weighted by molar-refractivity contribution is 5.88. The summed E-state index contributed by atoms with van der Waals surface area (Å²) in [5.41, 5.74) is 3.50. The van der Waals surface area contributed by atoms with E-state index in [2.05, 4.69) is 37.9 Å². The highest BCUT2D eigenvalue weighted by Crippen LogP contribution is 2.11. The number of hydrogen-bond donors (Lipinski definition) is 1. The second-order valence-corrected chi connectivity index (χ2v) is 4.88. The molecule has 1 aromatic rings. The fourth-order valence-corrected chi connectivity index (χ4v) is 1.76. The van der Waals surface area contributed by atoms with Crippen LogP contribution in [0.15, 0.2) is 41.6 Å². The van der Waals surface area contributed by atoms with E-state index in [1.807, 2.05) is 0 Å². The lowest BCUT2D eigenvalue weighted by Crippen LogP contribution is -2.03. The van der Waals surface area contributed by atoms with E-state index in [4.69, 9.17) is 5.11 Å². The van der Waals surface area contributed by atoms with Gasteiger partial charge >= 0.3 is 5.97 Å². The number of allylic oxidation sites excluding steroid dienone is 4. The summed E-state index contributed by atoms with van der Waals surface area (Å²) in [4.78, 5) is 15.2. The van der Waals surface area contributed by atoms with E-state index < -0.39 is 5.97 Å². The van der Waals surface area contributed by atoms with Gasteiger partial charge in [0, 0.05) is 12.6 Å². The van der Waals surface area contributed by atoms with Gasteiger partial charge < -0.3 is 5.11 Å². The topological polar surface area (TPSA) is 50.2 Å². The molecule has 0 aromatic carbocycles. The zero-order valence-electron chi connectivity index (χ0n) is 11.8. The van der Waals surface area contributed by atoms with Gasteiger partial charge in [-0.25, -0.2) is 4.79 Å². The van der Waals surface area contributed by atoms with Crippen LogP contribution in [-0.4, -0.2) is 16.1 Å². The van der Waals surface area contributed by atoms with Gasteiger partial charge in [0.05, 0.1) is 11.3 Å². The van der Waals surface area contributed by atoms with Crippen LogP contribution in [0.1, 0.15) is 49.7 Å². The first-order chi connectivity index (χ1) is 9.00. The molecule has 0 aliphatic carbocycles. The lowest BCUT2D eigenvalue weighted by atomic mass is 10.1. The fourth-order valence-electron chi connectivity index (χ4n) is 1.76. The molecular weight excluding hydrogens is 238 g/mol. The summed E-state index contributed by atoms with van der Waals surface area (Å²) in [6, 6.07) is 3.25. The molecule has 0 fully saturated rings. The molecule has 0 spiro atoms. The maximum Gasteiger partial charge on any atom is 0.337 e. The van der Waals surface area contributed by atoms with Gasteiger partial charge in [0.15, 0.2) is 0 Å². The number of rotatable bonds is 6. The monoisotopic (exact) mass is 259 g/mol. The third-order valence-electron chi connectivity index (χ3n) is 2.86. The molecule has 0 aliphatic rings. The summed E-state index contributed by atoms with van der Waals surface area (Å²) in [7, 11) is 0. The van der Waals surface area contributed by atoms with Crippen molar-refractivity contribution in [3.63, 3.8) is 0 Å². The van der Waals surface area contributed by atoms with Crippen LogP contribution in [0.2, 0.25) is 0 Å². The minimum absolute atomic E-state index is 0.288. The standard InChI is InChI=1S/C16H21NO2/c1-12(2)6-4-7-13(3)9-10-15-14(16(18)19)8-5-11-17-15/h5-6,8-9,11H,4,7,10H2,1-3H3,(H,18,19). The maximum absolute atomic E-state index is 11.0. The normalized spacial score (nSPS) is 11.2. The molecule has 3 heteroatoms. The van der Waals surface area contributed by atoms with Crippen LogP contribution in [0.5, 0.6) is 0 Å². The zero-order valence-corrected chi connectivity index (χ0v) is 11.8. The molecular formula is C16H21NO2. The Balaban J connectivity index is 2.65. The molecule has 0 bridgehead atoms. The van der Waals surface area contributed by atoms with Crippen LogP contribution in [0.3, 0.4) is 0 Å². The molecule has 1 aromatic heterocycles. The lowest BCUT2D eigenvalue weighted by Gasteiger charge is -2.03. The molecule has 1 heterocycles. The number of nitrogens with zero attached hydrogens (tertiary/aromatic N) is 1. The summed E-state index contributed by atoms with van der Waals surface area (Å²) < 4.78 is 0. The summed E-state index contributed by atoms with van der Waals surface area (Å²) >= 11 is 0. The molecule has 102 valence electrons. The van der Waals surface area contributed by atoms with E-state index >= 15 is 0 Å². The largest absolute Gasteiger partial charge is 0.478 e. The first kappa shape index (κ1) is 15.2. The summed E-state index contributed by atoms with van der Waals surface area (Å²) in [5.74, 6) is -0.918. The number of pyridine rings is 1. The molecule has 19 heavy (non-hydrogen) atoms. The quantitative estimate of drug-likeness (QED) is 0.785. The van der Waals surface area contributed by atoms with Gasteiger partial charge in [-0.2, -0.15) is 0 Å². The molecule has 0 saturated heterocycles. The van der Waals surface area contributed by atoms with Crippen LogP contribution in [0.4, 0.5) is 0 Å². The second-order valence-electron chi connectivity index (χ2n) is 4.88. The molecule has 0 unspecified atom stereocenters. The Hall–Kier alpha value is -1.90. The van der Waals surface area contributed by atoms with E-state index in [0.29, 0.717) is 12.1 Å². The number of carboxylic acid groups (broad SMARTS) is 1. The van der Waals surface area contributed by atoms with Gasteiger partial charge in [-0.15, -0.1) is 0 Å². The molecule has 0 atom stereocenters. The maximum atomic E-state index is 11.0. The number of carbonyl (C=O) groups is 1. The predicted octanol–water partition coefficient (Wildman–Crippen LogP) is 4.02. The average molecular weight is 259 g/mol. The highest BCUT2D eigenvalue weighted by atomic mass is 16.4. The first-order valence-corrected chi connectivity index (χ1v) is 6.47. The Kier molecular flexibility index (Phi) is 6.00. The Labute approximate surface area is 114 Å². The van der Waals surface area contributed by atoms with E-state index in [-0.39, 0.29) is 5.56 Å². The number of carboxylic acids is 1. The molecule has 1 rings (SSSR count). The summed E-state index contributed by atoms with van der Waals surface area (Å²) in [6.45, 7) is 6.25. The lowest BCUT2D eigenvalue weighted by molar-refractivity contribution is 0.0695. The van der Waals surface area contributed by atoms with E-state index in [1.165, 1.54) is 11.1 Å². The van der Waals surface area contributed by atoms with Crippen molar-refractivity contribution >= 4 is 5.97 Å². The van der Waals surface area contributed by atoms with Crippen LogP contribution >= 0.6 is 0 Å². The smallest absolute Gasteiger partial charge is 0.337 e. The average Bonchev–Trinajstić information content (AvgIpc) is 2.36. The van der Waals surface area contributed by atoms with E-state index in [0.717, 1.165) is 12.8 Å². The van der Waals surface area contributed by atoms with Crippen molar-refractivity contribution in [2.75, 3.05) is 0 Å². The molecule has 1 N–H and O–H groups in total. The minimum Gasteiger partial charge on any atom is -0.478 e. The minimum atomic E-state index is -0.918. The van der Waals surface area contributed by atoms with Crippen molar-refractivity contribution in [2.24, 2.45) is 0 Å². The van der Waals surface area contributed by atoms with Gasteiger partial charge in [0.1, 0.15) is 0 Å². The number of aromatic nitrogens is 1. The molecule has 3 nitrogen and oxygen atoms in total. The van der Waals surface area contributed by atoms with Gasteiger partial charge in [0.25, 0.3) is 0 Å². The molecule has 0 radical (unpaired) electrons. The third-order valence-corrected chi connectivity index (χ3v) is 2.86. The van der Waals surface area contributed by atoms with Crippen LogP contribution in [-0.2, 0) is 6.42 Å². The van der Waals surface area contributed by atoms with E-state index in [1.54, 1.807) is 18.3 Å². The Morgan fingerprint density at radius 2 is 2.05 bits per heavy atom. The van der Waals surface area contributed by atoms with Gasteiger partial charge in [-0.3, -0.25) is 4.98 Å². The van der Waals surface area contributed by atoms with Gasteiger partial charge in [-0.1, -0.05) is 23.3 Å². The van der Waals surface area contributed by atoms with Gasteiger partial charge in [0.2, 0.25) is 0 Å².